The Balaban J connectivity index is 2.31. The van der Waals surface area contributed by atoms with Crippen LogP contribution in [0.4, 0.5) is 5.69 Å². The molecular formula is C13H18N2O2. The Hall–Kier alpha value is -1.55. The molecule has 1 aliphatic heterocycles. The number of fused-ring (bicyclic) bond motifs is 1. The Bertz CT molecular complexity index is 420. The van der Waals surface area contributed by atoms with E-state index in [4.69, 9.17) is 10.8 Å². The molecule has 0 saturated carbocycles. The molecule has 2 rings (SSSR count). The van der Waals surface area contributed by atoms with Gasteiger partial charge < -0.3 is 15.7 Å². The molecule has 4 nitrogen and oxygen atoms in total. The Morgan fingerprint density at radius 3 is 2.94 bits per heavy atom. The molecule has 0 fully saturated rings. The Morgan fingerprint density at radius 2 is 2.29 bits per heavy atom. The summed E-state index contributed by atoms with van der Waals surface area (Å²) in [5.74, 6) is -0.425. The van der Waals surface area contributed by atoms with E-state index in [1.807, 2.05) is 23.1 Å². The number of carbonyl (C=O) groups is 1. The maximum atomic E-state index is 11.1. The molecule has 2 unspecified atom stereocenters. The maximum absolute atomic E-state index is 11.1. The van der Waals surface area contributed by atoms with Crippen molar-refractivity contribution in [2.45, 2.75) is 25.3 Å². The fraction of sp³-hybridized carbons (Fsp3) is 0.462. The summed E-state index contributed by atoms with van der Waals surface area (Å²) in [6.45, 7) is 3.11. The van der Waals surface area contributed by atoms with E-state index in [1.165, 1.54) is 5.56 Å². The lowest BCUT2D eigenvalue weighted by Gasteiger charge is -2.24. The van der Waals surface area contributed by atoms with Crippen molar-refractivity contribution in [1.82, 2.24) is 0 Å². The molecule has 0 aliphatic carbocycles. The number of rotatable bonds is 4. The second-order valence-corrected chi connectivity index (χ2v) is 4.50. The lowest BCUT2D eigenvalue weighted by molar-refractivity contribution is -0.138. The van der Waals surface area contributed by atoms with E-state index in [-0.39, 0.29) is 0 Å². The van der Waals surface area contributed by atoms with E-state index < -0.39 is 12.0 Å². The van der Waals surface area contributed by atoms with Crippen LogP contribution in [0, 0.1) is 0 Å². The first-order valence-corrected chi connectivity index (χ1v) is 5.93. The standard InChI is InChI=1S/C13H18N2O2/c1-9(13(16)17)15-8-10(6-7-14)11-4-2-3-5-12(11)15/h2-5,9-10H,6-8,14H2,1H3,(H,16,17). The van der Waals surface area contributed by atoms with E-state index in [9.17, 15) is 4.79 Å². The summed E-state index contributed by atoms with van der Waals surface area (Å²) >= 11 is 0. The topological polar surface area (TPSA) is 66.6 Å². The molecule has 0 amide bonds. The number of aliphatic carboxylic acids is 1. The molecule has 17 heavy (non-hydrogen) atoms. The number of carboxylic acids is 1. The van der Waals surface area contributed by atoms with Crippen LogP contribution < -0.4 is 10.6 Å². The van der Waals surface area contributed by atoms with Gasteiger partial charge in [0.15, 0.2) is 0 Å². The summed E-state index contributed by atoms with van der Waals surface area (Å²) < 4.78 is 0. The lowest BCUT2D eigenvalue weighted by atomic mass is 9.98. The molecule has 92 valence electrons. The van der Waals surface area contributed by atoms with Crippen molar-refractivity contribution in [1.29, 1.82) is 0 Å². The van der Waals surface area contributed by atoms with Gasteiger partial charge in [0.25, 0.3) is 0 Å². The second-order valence-electron chi connectivity index (χ2n) is 4.50. The van der Waals surface area contributed by atoms with Crippen molar-refractivity contribution in [3.05, 3.63) is 29.8 Å². The van der Waals surface area contributed by atoms with Crippen LogP contribution in [0.15, 0.2) is 24.3 Å². The van der Waals surface area contributed by atoms with Gasteiger partial charge in [-0.2, -0.15) is 0 Å². The van der Waals surface area contributed by atoms with Crippen LogP contribution in [0.5, 0.6) is 0 Å². The van der Waals surface area contributed by atoms with Crippen LogP contribution in [0.1, 0.15) is 24.8 Å². The minimum Gasteiger partial charge on any atom is -0.480 e. The summed E-state index contributed by atoms with van der Waals surface area (Å²) in [5.41, 5.74) is 7.88. The monoisotopic (exact) mass is 234 g/mol. The number of hydrogen-bond acceptors (Lipinski definition) is 3. The highest BCUT2D eigenvalue weighted by atomic mass is 16.4. The SMILES string of the molecule is CC(C(=O)O)N1CC(CCN)c2ccccc21. The molecular weight excluding hydrogens is 216 g/mol. The zero-order chi connectivity index (χ0) is 12.4. The van der Waals surface area contributed by atoms with Crippen molar-refractivity contribution < 1.29 is 9.90 Å². The molecule has 1 heterocycles. The average molecular weight is 234 g/mol. The number of nitrogens with two attached hydrogens (primary N) is 1. The highest BCUT2D eigenvalue weighted by Gasteiger charge is 2.32. The van der Waals surface area contributed by atoms with Crippen LogP contribution in [0.25, 0.3) is 0 Å². The van der Waals surface area contributed by atoms with Gasteiger partial charge in [-0.15, -0.1) is 0 Å². The zero-order valence-electron chi connectivity index (χ0n) is 9.97. The van der Waals surface area contributed by atoms with Gasteiger partial charge in [0.05, 0.1) is 0 Å². The van der Waals surface area contributed by atoms with Crippen molar-refractivity contribution in [3.63, 3.8) is 0 Å². The van der Waals surface area contributed by atoms with E-state index >= 15 is 0 Å². The van der Waals surface area contributed by atoms with Crippen LogP contribution in [-0.2, 0) is 4.79 Å². The van der Waals surface area contributed by atoms with Gasteiger partial charge in [-0.05, 0) is 31.5 Å². The van der Waals surface area contributed by atoms with Crippen molar-refractivity contribution in [2.75, 3.05) is 18.0 Å². The van der Waals surface area contributed by atoms with Gasteiger partial charge in [-0.3, -0.25) is 0 Å². The number of benzene rings is 1. The summed E-state index contributed by atoms with van der Waals surface area (Å²) in [4.78, 5) is 13.1. The molecule has 3 N–H and O–H groups in total. The fourth-order valence-corrected chi connectivity index (χ4v) is 2.48. The number of carboxylic acid groups (broad SMARTS) is 1. The van der Waals surface area contributed by atoms with Crippen LogP contribution >= 0.6 is 0 Å². The predicted molar refractivity (Wildman–Crippen MR) is 67.3 cm³/mol. The van der Waals surface area contributed by atoms with Gasteiger partial charge in [0, 0.05) is 18.2 Å². The molecule has 1 aromatic rings. The summed E-state index contributed by atoms with van der Waals surface area (Å²) in [6.07, 6.45) is 0.903. The highest BCUT2D eigenvalue weighted by molar-refractivity contribution is 5.79. The Labute approximate surface area is 101 Å². The first kappa shape index (κ1) is 11.9. The smallest absolute Gasteiger partial charge is 0.326 e. The minimum absolute atomic E-state index is 0.359. The molecule has 1 aliphatic rings. The second kappa shape index (κ2) is 4.75. The first-order chi connectivity index (χ1) is 8.15. The molecule has 0 saturated heterocycles. The van der Waals surface area contributed by atoms with Crippen LogP contribution in [0.3, 0.4) is 0 Å². The molecule has 0 spiro atoms. The van der Waals surface area contributed by atoms with Crippen molar-refractivity contribution >= 4 is 11.7 Å². The number of nitrogens with zero attached hydrogens (tertiary/aromatic N) is 1. The molecule has 4 heteroatoms. The Morgan fingerprint density at radius 1 is 1.59 bits per heavy atom. The maximum Gasteiger partial charge on any atom is 0.326 e. The summed E-state index contributed by atoms with van der Waals surface area (Å²) in [5, 5.41) is 9.12. The third-order valence-corrected chi connectivity index (χ3v) is 3.44. The number of para-hydroxylation sites is 1. The summed E-state index contributed by atoms with van der Waals surface area (Å²) in [7, 11) is 0. The van der Waals surface area contributed by atoms with E-state index in [0.29, 0.717) is 12.5 Å². The molecule has 1 aromatic carbocycles. The molecule has 0 aromatic heterocycles. The molecule has 0 bridgehead atoms. The normalized spacial score (nSPS) is 20.1. The largest absolute Gasteiger partial charge is 0.480 e. The third kappa shape index (κ3) is 2.13. The highest BCUT2D eigenvalue weighted by Crippen LogP contribution is 2.38. The first-order valence-electron chi connectivity index (χ1n) is 5.93. The van der Waals surface area contributed by atoms with Gasteiger partial charge in [-0.25, -0.2) is 4.79 Å². The van der Waals surface area contributed by atoms with E-state index in [2.05, 4.69) is 6.07 Å². The predicted octanol–water partition coefficient (Wildman–Crippen LogP) is 1.41. The van der Waals surface area contributed by atoms with Crippen molar-refractivity contribution in [2.24, 2.45) is 5.73 Å². The minimum atomic E-state index is -0.784. The van der Waals surface area contributed by atoms with E-state index in [1.54, 1.807) is 6.92 Å². The molecule has 2 atom stereocenters. The van der Waals surface area contributed by atoms with Gasteiger partial charge in [0.1, 0.15) is 6.04 Å². The van der Waals surface area contributed by atoms with Gasteiger partial charge in [0.2, 0.25) is 0 Å². The van der Waals surface area contributed by atoms with Gasteiger partial charge >= 0.3 is 5.97 Å². The summed E-state index contributed by atoms with van der Waals surface area (Å²) in [6, 6.07) is 7.52. The van der Waals surface area contributed by atoms with Crippen molar-refractivity contribution in [3.8, 4) is 0 Å². The fourth-order valence-electron chi connectivity index (χ4n) is 2.48. The van der Waals surface area contributed by atoms with Crippen LogP contribution in [-0.4, -0.2) is 30.2 Å². The Kier molecular flexibility index (Phi) is 3.33. The van der Waals surface area contributed by atoms with Crippen LogP contribution in [0.2, 0.25) is 0 Å². The lowest BCUT2D eigenvalue weighted by Crippen LogP contribution is -2.38. The van der Waals surface area contributed by atoms with E-state index in [0.717, 1.165) is 18.7 Å². The number of anilines is 1. The molecule has 0 radical (unpaired) electrons. The average Bonchev–Trinajstić information content (AvgIpc) is 2.68. The third-order valence-electron chi connectivity index (χ3n) is 3.44. The quantitative estimate of drug-likeness (QED) is 0.826. The van der Waals surface area contributed by atoms with Gasteiger partial charge in [-0.1, -0.05) is 18.2 Å². The number of hydrogen-bond donors (Lipinski definition) is 2. The zero-order valence-corrected chi connectivity index (χ0v) is 9.97.